The second-order valence-corrected chi connectivity index (χ2v) is 8.32. The van der Waals surface area contributed by atoms with Crippen LogP contribution in [-0.2, 0) is 19.6 Å². The summed E-state index contributed by atoms with van der Waals surface area (Å²) in [5.74, 6) is -1.83. The quantitative estimate of drug-likeness (QED) is 0.877. The van der Waals surface area contributed by atoms with E-state index in [1.807, 2.05) is 0 Å². The van der Waals surface area contributed by atoms with E-state index in [1.165, 1.54) is 16.4 Å². The van der Waals surface area contributed by atoms with Crippen LogP contribution in [0.4, 0.5) is 5.69 Å². The minimum Gasteiger partial charge on any atom is -0.481 e. The van der Waals surface area contributed by atoms with E-state index in [-0.39, 0.29) is 29.8 Å². The third kappa shape index (κ3) is 2.91. The van der Waals surface area contributed by atoms with Crippen molar-refractivity contribution in [3.63, 3.8) is 0 Å². The highest BCUT2D eigenvalue weighted by Gasteiger charge is 2.40. The van der Waals surface area contributed by atoms with E-state index in [0.29, 0.717) is 18.7 Å². The lowest BCUT2D eigenvalue weighted by Gasteiger charge is -2.18. The van der Waals surface area contributed by atoms with Crippen LogP contribution >= 0.6 is 0 Å². The van der Waals surface area contributed by atoms with Crippen LogP contribution in [0.3, 0.4) is 0 Å². The molecule has 2 aliphatic heterocycles. The first-order chi connectivity index (χ1) is 11.3. The van der Waals surface area contributed by atoms with Gasteiger partial charge in [-0.1, -0.05) is 6.92 Å². The van der Waals surface area contributed by atoms with Gasteiger partial charge in [-0.3, -0.25) is 9.59 Å². The van der Waals surface area contributed by atoms with E-state index in [0.717, 1.165) is 6.42 Å². The predicted octanol–water partition coefficient (Wildman–Crippen LogP) is 1.15. The van der Waals surface area contributed by atoms with Crippen LogP contribution in [0.1, 0.15) is 19.8 Å². The number of rotatable bonds is 4. The Hall–Kier alpha value is -1.93. The molecule has 0 unspecified atom stereocenters. The molecule has 0 aliphatic carbocycles. The Morgan fingerprint density at radius 2 is 1.88 bits per heavy atom. The van der Waals surface area contributed by atoms with E-state index in [4.69, 9.17) is 5.11 Å². The number of sulfonamides is 1. The highest BCUT2D eigenvalue weighted by molar-refractivity contribution is 7.89. The molecule has 1 aromatic rings. The zero-order chi connectivity index (χ0) is 17.5. The molecule has 2 aliphatic rings. The van der Waals surface area contributed by atoms with E-state index >= 15 is 0 Å². The number of anilines is 1. The maximum absolute atomic E-state index is 12.7. The van der Waals surface area contributed by atoms with Gasteiger partial charge in [-0.25, -0.2) is 8.42 Å². The molecule has 8 heteroatoms. The van der Waals surface area contributed by atoms with Gasteiger partial charge in [-0.05, 0) is 36.6 Å². The van der Waals surface area contributed by atoms with Crippen molar-refractivity contribution in [3.8, 4) is 0 Å². The summed E-state index contributed by atoms with van der Waals surface area (Å²) in [7, 11) is -3.73. The van der Waals surface area contributed by atoms with Crippen LogP contribution < -0.4 is 4.90 Å². The van der Waals surface area contributed by atoms with Crippen LogP contribution in [0, 0.1) is 11.8 Å². The van der Waals surface area contributed by atoms with Crippen molar-refractivity contribution in [1.29, 1.82) is 0 Å². The summed E-state index contributed by atoms with van der Waals surface area (Å²) in [5, 5.41) is 9.16. The summed E-state index contributed by atoms with van der Waals surface area (Å²) >= 11 is 0. The summed E-state index contributed by atoms with van der Waals surface area (Å²) in [5.41, 5.74) is 0.689. The number of carbonyl (C=O) groups excluding carboxylic acids is 1. The normalized spacial score (nSPS) is 25.4. The van der Waals surface area contributed by atoms with E-state index in [2.05, 4.69) is 0 Å². The fourth-order valence-electron chi connectivity index (χ4n) is 3.31. The molecule has 130 valence electrons. The number of benzene rings is 1. The first kappa shape index (κ1) is 16.9. The Bertz CT molecular complexity index is 759. The first-order valence-corrected chi connectivity index (χ1v) is 9.38. The van der Waals surface area contributed by atoms with Gasteiger partial charge in [0.2, 0.25) is 15.9 Å². The van der Waals surface area contributed by atoms with Crippen molar-refractivity contribution in [2.75, 3.05) is 24.5 Å². The number of aliphatic carboxylic acids is 1. The third-order valence-electron chi connectivity index (χ3n) is 4.76. The lowest BCUT2D eigenvalue weighted by molar-refractivity contribution is -0.142. The monoisotopic (exact) mass is 352 g/mol. The number of carboxylic acids is 1. The molecule has 24 heavy (non-hydrogen) atoms. The average molecular weight is 352 g/mol. The number of carbonyl (C=O) groups is 2. The molecular weight excluding hydrogens is 332 g/mol. The number of carboxylic acid groups (broad SMARTS) is 1. The molecule has 0 spiro atoms. The molecule has 0 saturated carbocycles. The zero-order valence-electron chi connectivity index (χ0n) is 13.4. The minimum atomic E-state index is -3.73. The fourth-order valence-corrected chi connectivity index (χ4v) is 4.87. The van der Waals surface area contributed by atoms with Crippen molar-refractivity contribution in [2.24, 2.45) is 11.8 Å². The van der Waals surface area contributed by atoms with E-state index in [1.54, 1.807) is 24.0 Å². The van der Waals surface area contributed by atoms with Gasteiger partial charge < -0.3 is 10.0 Å². The van der Waals surface area contributed by atoms with Crippen molar-refractivity contribution >= 4 is 27.6 Å². The third-order valence-corrected chi connectivity index (χ3v) is 6.60. The molecule has 2 atom stereocenters. The summed E-state index contributed by atoms with van der Waals surface area (Å²) in [6, 6.07) is 6.22. The standard InChI is InChI=1S/C16H20N2O5S/c1-11-9-17(10-14(11)16(20)21)24(22,23)13-6-4-12(5-7-13)18-8-2-3-15(18)19/h4-7,11,14H,2-3,8-10H2,1H3,(H,20,21)/t11-,14-/m1/s1. The summed E-state index contributed by atoms with van der Waals surface area (Å²) < 4.78 is 26.6. The summed E-state index contributed by atoms with van der Waals surface area (Å²) in [4.78, 5) is 24.7. The van der Waals surface area contributed by atoms with Crippen molar-refractivity contribution in [1.82, 2.24) is 4.31 Å². The molecule has 0 bridgehead atoms. The van der Waals surface area contributed by atoms with Gasteiger partial charge in [0.15, 0.2) is 0 Å². The lowest BCUT2D eigenvalue weighted by atomic mass is 9.99. The van der Waals surface area contributed by atoms with Crippen LogP contribution in [-0.4, -0.2) is 49.3 Å². The fraction of sp³-hybridized carbons (Fsp3) is 0.500. The highest BCUT2D eigenvalue weighted by Crippen LogP contribution is 2.30. The van der Waals surface area contributed by atoms with Gasteiger partial charge in [0.1, 0.15) is 0 Å². The molecule has 0 radical (unpaired) electrons. The Labute approximate surface area is 140 Å². The van der Waals surface area contributed by atoms with Gasteiger partial charge in [0, 0.05) is 31.7 Å². The Balaban J connectivity index is 1.80. The molecule has 2 fully saturated rings. The summed E-state index contributed by atoms with van der Waals surface area (Å²) in [6.45, 7) is 2.59. The first-order valence-electron chi connectivity index (χ1n) is 7.94. The molecule has 1 aromatic carbocycles. The molecule has 3 rings (SSSR count). The maximum atomic E-state index is 12.7. The van der Waals surface area contributed by atoms with Crippen LogP contribution in [0.25, 0.3) is 0 Å². The van der Waals surface area contributed by atoms with Crippen molar-refractivity contribution in [2.45, 2.75) is 24.7 Å². The largest absolute Gasteiger partial charge is 0.481 e. The Kier molecular flexibility index (Phi) is 4.35. The number of hydrogen-bond acceptors (Lipinski definition) is 4. The molecule has 1 amide bonds. The van der Waals surface area contributed by atoms with Gasteiger partial charge in [-0.2, -0.15) is 4.31 Å². The average Bonchev–Trinajstić information content (AvgIpc) is 3.13. The Morgan fingerprint density at radius 3 is 2.38 bits per heavy atom. The molecule has 0 aromatic heterocycles. The number of hydrogen-bond donors (Lipinski definition) is 1. The highest BCUT2D eigenvalue weighted by atomic mass is 32.2. The van der Waals surface area contributed by atoms with Gasteiger partial charge in [-0.15, -0.1) is 0 Å². The second kappa shape index (κ2) is 6.18. The topological polar surface area (TPSA) is 95.0 Å². The van der Waals surface area contributed by atoms with Crippen LogP contribution in [0.15, 0.2) is 29.2 Å². The lowest BCUT2D eigenvalue weighted by Crippen LogP contribution is -2.30. The maximum Gasteiger partial charge on any atom is 0.308 e. The Morgan fingerprint density at radius 1 is 1.21 bits per heavy atom. The van der Waals surface area contributed by atoms with E-state index < -0.39 is 21.9 Å². The zero-order valence-corrected chi connectivity index (χ0v) is 14.2. The molecule has 2 heterocycles. The van der Waals surface area contributed by atoms with Gasteiger partial charge >= 0.3 is 5.97 Å². The molecular formula is C16H20N2O5S. The van der Waals surface area contributed by atoms with E-state index in [9.17, 15) is 18.0 Å². The SMILES string of the molecule is C[C@@H]1CN(S(=O)(=O)c2ccc(N3CCCC3=O)cc2)C[C@H]1C(=O)O. The number of amides is 1. The smallest absolute Gasteiger partial charge is 0.308 e. The molecule has 1 N–H and O–H groups in total. The van der Waals surface area contributed by atoms with Crippen LogP contribution in [0.2, 0.25) is 0 Å². The van der Waals surface area contributed by atoms with Crippen LogP contribution in [0.5, 0.6) is 0 Å². The molecule has 2 saturated heterocycles. The van der Waals surface area contributed by atoms with Gasteiger partial charge in [0.25, 0.3) is 0 Å². The minimum absolute atomic E-state index is 0.00873. The second-order valence-electron chi connectivity index (χ2n) is 6.39. The van der Waals surface area contributed by atoms with Gasteiger partial charge in [0.05, 0.1) is 10.8 Å². The van der Waals surface area contributed by atoms with Crippen molar-refractivity contribution < 1.29 is 23.1 Å². The molecule has 7 nitrogen and oxygen atoms in total. The number of nitrogens with zero attached hydrogens (tertiary/aromatic N) is 2. The summed E-state index contributed by atoms with van der Waals surface area (Å²) in [6.07, 6.45) is 1.32. The predicted molar refractivity (Wildman–Crippen MR) is 87.1 cm³/mol. The van der Waals surface area contributed by atoms with Crippen molar-refractivity contribution in [3.05, 3.63) is 24.3 Å².